The van der Waals surface area contributed by atoms with Crippen molar-refractivity contribution in [3.63, 3.8) is 0 Å². The lowest BCUT2D eigenvalue weighted by Gasteiger charge is -2.43. The number of aromatic nitrogens is 1. The average molecular weight is 329 g/mol. The zero-order valence-corrected chi connectivity index (χ0v) is 13.8. The van der Waals surface area contributed by atoms with Gasteiger partial charge in [0.25, 0.3) is 0 Å². The van der Waals surface area contributed by atoms with Crippen LogP contribution in [0.15, 0.2) is 34.9 Å². The first-order valence-electron chi connectivity index (χ1n) is 8.45. The number of hydrogen-bond acceptors (Lipinski definition) is 6. The SMILES string of the molecule is COc1ccc(-c2cc(CNC3C4CNCC3COC4)on2)cc1. The molecule has 2 atom stereocenters. The van der Waals surface area contributed by atoms with Crippen LogP contribution >= 0.6 is 0 Å². The summed E-state index contributed by atoms with van der Waals surface area (Å²) in [7, 11) is 1.66. The van der Waals surface area contributed by atoms with Gasteiger partial charge < -0.3 is 24.6 Å². The second-order valence-corrected chi connectivity index (χ2v) is 6.53. The molecule has 4 rings (SSSR count). The van der Waals surface area contributed by atoms with Crippen LogP contribution in [0.4, 0.5) is 0 Å². The summed E-state index contributed by atoms with van der Waals surface area (Å²) in [5.74, 6) is 2.75. The molecule has 0 spiro atoms. The van der Waals surface area contributed by atoms with E-state index in [-0.39, 0.29) is 0 Å². The van der Waals surface area contributed by atoms with Gasteiger partial charge in [0, 0.05) is 42.6 Å². The van der Waals surface area contributed by atoms with Crippen molar-refractivity contribution in [2.24, 2.45) is 11.8 Å². The van der Waals surface area contributed by atoms with E-state index in [0.29, 0.717) is 24.4 Å². The average Bonchev–Trinajstić information content (AvgIpc) is 3.08. The Labute approximate surface area is 141 Å². The van der Waals surface area contributed by atoms with Gasteiger partial charge in [-0.15, -0.1) is 0 Å². The van der Waals surface area contributed by atoms with Crippen LogP contribution in [0.3, 0.4) is 0 Å². The summed E-state index contributed by atoms with van der Waals surface area (Å²) in [6.07, 6.45) is 0. The maximum absolute atomic E-state index is 5.67. The summed E-state index contributed by atoms with van der Waals surface area (Å²) in [6, 6.07) is 10.3. The summed E-state index contributed by atoms with van der Waals surface area (Å²) in [5.41, 5.74) is 1.88. The normalized spacial score (nSPS) is 26.3. The number of nitrogens with one attached hydrogen (secondary N) is 2. The molecule has 3 heterocycles. The van der Waals surface area contributed by atoms with Gasteiger partial charge in [-0.05, 0) is 24.3 Å². The Morgan fingerprint density at radius 2 is 1.96 bits per heavy atom. The van der Waals surface area contributed by atoms with Crippen LogP contribution in [0.25, 0.3) is 11.3 Å². The third-order valence-corrected chi connectivity index (χ3v) is 4.95. The second-order valence-electron chi connectivity index (χ2n) is 6.53. The number of hydrogen-bond donors (Lipinski definition) is 2. The molecule has 24 heavy (non-hydrogen) atoms. The molecule has 2 aromatic rings. The highest BCUT2D eigenvalue weighted by Gasteiger charge is 2.36. The number of piperidine rings is 1. The first kappa shape index (κ1) is 15.6. The molecule has 128 valence electrons. The van der Waals surface area contributed by atoms with Crippen LogP contribution in [0.2, 0.25) is 0 Å². The van der Waals surface area contributed by atoms with Crippen LogP contribution in [0.5, 0.6) is 5.75 Å². The molecule has 2 bridgehead atoms. The standard InChI is InChI=1S/C18H23N3O3/c1-22-15-4-2-12(3-5-15)17-6-16(24-21-17)9-20-18-13-7-19-8-14(18)11-23-10-13/h2-6,13-14,18-20H,7-11H2,1H3. The predicted octanol–water partition coefficient (Wildman–Crippen LogP) is 1.67. The maximum atomic E-state index is 5.67. The zero-order chi connectivity index (χ0) is 16.4. The van der Waals surface area contributed by atoms with Crippen LogP contribution < -0.4 is 15.4 Å². The number of ether oxygens (including phenoxy) is 2. The van der Waals surface area contributed by atoms with E-state index in [1.807, 2.05) is 30.3 Å². The third-order valence-electron chi connectivity index (χ3n) is 4.95. The summed E-state index contributed by atoms with van der Waals surface area (Å²) in [5, 5.41) is 11.3. The molecule has 6 heteroatoms. The van der Waals surface area contributed by atoms with Crippen molar-refractivity contribution >= 4 is 0 Å². The molecule has 2 unspecified atom stereocenters. The molecule has 2 fully saturated rings. The van der Waals surface area contributed by atoms with E-state index in [0.717, 1.165) is 49.1 Å². The lowest BCUT2D eigenvalue weighted by molar-refractivity contribution is -0.0283. The Morgan fingerprint density at radius 1 is 1.21 bits per heavy atom. The van der Waals surface area contributed by atoms with Gasteiger partial charge in [-0.3, -0.25) is 0 Å². The predicted molar refractivity (Wildman–Crippen MR) is 89.8 cm³/mol. The first-order chi connectivity index (χ1) is 11.8. The molecule has 1 aromatic heterocycles. The van der Waals surface area contributed by atoms with E-state index in [1.165, 1.54) is 0 Å². The van der Waals surface area contributed by atoms with E-state index in [2.05, 4.69) is 15.8 Å². The summed E-state index contributed by atoms with van der Waals surface area (Å²) in [4.78, 5) is 0. The number of benzene rings is 1. The lowest BCUT2D eigenvalue weighted by Crippen LogP contribution is -2.59. The zero-order valence-electron chi connectivity index (χ0n) is 13.8. The Morgan fingerprint density at radius 3 is 2.67 bits per heavy atom. The number of nitrogens with zero attached hydrogens (tertiary/aromatic N) is 1. The molecular formula is C18H23N3O3. The van der Waals surface area contributed by atoms with Gasteiger partial charge in [0.1, 0.15) is 11.4 Å². The Kier molecular flexibility index (Phi) is 4.51. The van der Waals surface area contributed by atoms with E-state index >= 15 is 0 Å². The van der Waals surface area contributed by atoms with Crippen LogP contribution in [-0.4, -0.2) is 44.6 Å². The van der Waals surface area contributed by atoms with Gasteiger partial charge in [0.2, 0.25) is 0 Å². The second kappa shape index (κ2) is 6.93. The Bertz CT molecular complexity index is 648. The van der Waals surface area contributed by atoms with E-state index in [9.17, 15) is 0 Å². The number of rotatable bonds is 5. The topological polar surface area (TPSA) is 68.5 Å². The third kappa shape index (κ3) is 3.17. The highest BCUT2D eigenvalue weighted by atomic mass is 16.5. The summed E-state index contributed by atoms with van der Waals surface area (Å²) < 4.78 is 16.4. The molecule has 2 saturated heterocycles. The van der Waals surface area contributed by atoms with Gasteiger partial charge in [-0.25, -0.2) is 0 Å². The minimum Gasteiger partial charge on any atom is -0.497 e. The molecule has 2 N–H and O–H groups in total. The lowest BCUT2D eigenvalue weighted by atomic mass is 9.83. The molecule has 2 aliphatic rings. The molecule has 2 aliphatic heterocycles. The minimum atomic E-state index is 0.481. The Balaban J connectivity index is 1.40. The van der Waals surface area contributed by atoms with Crippen molar-refractivity contribution in [2.45, 2.75) is 12.6 Å². The van der Waals surface area contributed by atoms with Crippen LogP contribution in [0.1, 0.15) is 5.76 Å². The quantitative estimate of drug-likeness (QED) is 0.870. The molecule has 6 nitrogen and oxygen atoms in total. The fraction of sp³-hybridized carbons (Fsp3) is 0.500. The van der Waals surface area contributed by atoms with Crippen molar-refractivity contribution < 1.29 is 14.0 Å². The van der Waals surface area contributed by atoms with Crippen molar-refractivity contribution in [3.05, 3.63) is 36.1 Å². The van der Waals surface area contributed by atoms with Crippen molar-refractivity contribution in [2.75, 3.05) is 33.4 Å². The monoisotopic (exact) mass is 329 g/mol. The van der Waals surface area contributed by atoms with Crippen molar-refractivity contribution in [3.8, 4) is 17.0 Å². The van der Waals surface area contributed by atoms with Gasteiger partial charge in [-0.1, -0.05) is 5.16 Å². The van der Waals surface area contributed by atoms with Crippen molar-refractivity contribution in [1.29, 1.82) is 0 Å². The fourth-order valence-corrected chi connectivity index (χ4v) is 3.63. The van der Waals surface area contributed by atoms with E-state index < -0.39 is 0 Å². The highest BCUT2D eigenvalue weighted by molar-refractivity contribution is 5.59. The molecule has 1 aromatic carbocycles. The minimum absolute atomic E-state index is 0.481. The van der Waals surface area contributed by atoms with Gasteiger partial charge >= 0.3 is 0 Å². The number of fused-ring (bicyclic) bond motifs is 2. The van der Waals surface area contributed by atoms with Crippen LogP contribution in [0, 0.1) is 11.8 Å². The van der Waals surface area contributed by atoms with Crippen molar-refractivity contribution in [1.82, 2.24) is 15.8 Å². The van der Waals surface area contributed by atoms with Gasteiger partial charge in [0.05, 0.1) is 26.9 Å². The molecule has 0 radical (unpaired) electrons. The molecular weight excluding hydrogens is 306 g/mol. The van der Waals surface area contributed by atoms with Gasteiger partial charge in [-0.2, -0.15) is 0 Å². The van der Waals surface area contributed by atoms with Crippen LogP contribution in [-0.2, 0) is 11.3 Å². The molecule has 0 amide bonds. The first-order valence-corrected chi connectivity index (χ1v) is 8.45. The molecule has 0 saturated carbocycles. The van der Waals surface area contributed by atoms with Gasteiger partial charge in [0.15, 0.2) is 5.76 Å². The highest BCUT2D eigenvalue weighted by Crippen LogP contribution is 2.25. The smallest absolute Gasteiger partial charge is 0.151 e. The Hall–Kier alpha value is -1.89. The summed E-state index contributed by atoms with van der Waals surface area (Å²) >= 11 is 0. The van der Waals surface area contributed by atoms with E-state index in [1.54, 1.807) is 7.11 Å². The largest absolute Gasteiger partial charge is 0.497 e. The fourth-order valence-electron chi connectivity index (χ4n) is 3.63. The number of methoxy groups -OCH3 is 1. The van der Waals surface area contributed by atoms with E-state index in [4.69, 9.17) is 14.0 Å². The maximum Gasteiger partial charge on any atom is 0.151 e. The molecule has 0 aliphatic carbocycles. The summed E-state index contributed by atoms with van der Waals surface area (Å²) in [6.45, 7) is 4.38.